The molecule has 0 radical (unpaired) electrons. The summed E-state index contributed by atoms with van der Waals surface area (Å²) in [5, 5.41) is 1.16. The molecule has 0 fully saturated rings. The van der Waals surface area contributed by atoms with E-state index in [-0.39, 0.29) is 17.3 Å². The highest BCUT2D eigenvalue weighted by atomic mass is 35.5. The zero-order valence-corrected chi connectivity index (χ0v) is 19.1. The van der Waals surface area contributed by atoms with Gasteiger partial charge < -0.3 is 18.6 Å². The van der Waals surface area contributed by atoms with Crippen molar-refractivity contribution in [1.29, 1.82) is 0 Å². The molecule has 5 rings (SSSR count). The molecule has 0 saturated heterocycles. The summed E-state index contributed by atoms with van der Waals surface area (Å²) in [5.41, 5.74) is 2.01. The molecule has 0 aliphatic carbocycles. The molecule has 1 aliphatic rings. The third-order valence-corrected chi connectivity index (χ3v) is 5.58. The molecule has 1 aromatic heterocycles. The number of esters is 1. The van der Waals surface area contributed by atoms with Gasteiger partial charge in [-0.15, -0.1) is 0 Å². The Bertz CT molecular complexity index is 1480. The van der Waals surface area contributed by atoms with E-state index in [9.17, 15) is 9.59 Å². The summed E-state index contributed by atoms with van der Waals surface area (Å²) in [6.07, 6.45) is 1.62. The van der Waals surface area contributed by atoms with E-state index < -0.39 is 5.97 Å². The smallest absolute Gasteiger partial charge is 0.347 e. The zero-order chi connectivity index (χ0) is 23.8. The second-order valence-electron chi connectivity index (χ2n) is 7.67. The van der Waals surface area contributed by atoms with E-state index in [4.69, 9.17) is 30.2 Å². The summed E-state index contributed by atoms with van der Waals surface area (Å²) in [4.78, 5) is 25.8. The van der Waals surface area contributed by atoms with Gasteiger partial charge in [-0.05, 0) is 68.0 Å². The number of halogens is 1. The first-order chi connectivity index (χ1) is 16.4. The molecular formula is C27H19ClO6. The van der Waals surface area contributed by atoms with Crippen LogP contribution in [0.15, 0.2) is 70.8 Å². The van der Waals surface area contributed by atoms with Crippen LogP contribution < -0.4 is 14.2 Å². The van der Waals surface area contributed by atoms with Gasteiger partial charge in [0.1, 0.15) is 34.2 Å². The molecule has 170 valence electrons. The van der Waals surface area contributed by atoms with Crippen LogP contribution in [0.4, 0.5) is 0 Å². The summed E-state index contributed by atoms with van der Waals surface area (Å²) in [6.45, 7) is 4.09. The van der Waals surface area contributed by atoms with E-state index in [1.54, 1.807) is 61.5 Å². The number of hydrogen-bond acceptors (Lipinski definition) is 6. The molecule has 4 aromatic rings. The third kappa shape index (κ3) is 4.04. The highest BCUT2D eigenvalue weighted by molar-refractivity contribution is 6.30. The number of hydrogen-bond donors (Lipinski definition) is 0. The lowest BCUT2D eigenvalue weighted by Crippen LogP contribution is -2.09. The van der Waals surface area contributed by atoms with E-state index in [1.807, 2.05) is 13.0 Å². The molecule has 7 heteroatoms. The van der Waals surface area contributed by atoms with Crippen molar-refractivity contribution in [3.05, 3.63) is 93.9 Å². The van der Waals surface area contributed by atoms with Gasteiger partial charge in [0.2, 0.25) is 5.78 Å². The van der Waals surface area contributed by atoms with Crippen LogP contribution in [0.5, 0.6) is 17.2 Å². The van der Waals surface area contributed by atoms with Gasteiger partial charge in [0, 0.05) is 16.5 Å². The molecule has 0 bridgehead atoms. The van der Waals surface area contributed by atoms with Crippen molar-refractivity contribution < 1.29 is 28.2 Å². The second-order valence-corrected chi connectivity index (χ2v) is 8.10. The molecule has 0 amide bonds. The van der Waals surface area contributed by atoms with Gasteiger partial charge in [-0.25, -0.2) is 4.79 Å². The number of fused-ring (bicyclic) bond motifs is 2. The van der Waals surface area contributed by atoms with Crippen molar-refractivity contribution in [1.82, 2.24) is 0 Å². The normalized spacial score (nSPS) is 13.7. The molecule has 3 aromatic carbocycles. The second kappa shape index (κ2) is 8.72. The fraction of sp³-hybridized carbons (Fsp3) is 0.111. The first kappa shape index (κ1) is 21.8. The summed E-state index contributed by atoms with van der Waals surface area (Å²) >= 11 is 6.02. The SMILES string of the molecule is CCOc1ccc2oc(C)c(C(=O)Oc3ccc4c(c3)OC(=Cc3cccc(Cl)c3)C4=O)c2c1. The van der Waals surface area contributed by atoms with Crippen molar-refractivity contribution in [3.8, 4) is 17.2 Å². The minimum absolute atomic E-state index is 0.167. The number of allylic oxidation sites excluding steroid dienone is 1. The predicted molar refractivity (Wildman–Crippen MR) is 128 cm³/mol. The highest BCUT2D eigenvalue weighted by Gasteiger charge is 2.28. The number of carbonyl (C=O) groups is 2. The molecule has 0 N–H and O–H groups in total. The Kier molecular flexibility index (Phi) is 5.59. The molecule has 1 aliphatic heterocycles. The maximum Gasteiger partial charge on any atom is 0.347 e. The van der Waals surface area contributed by atoms with Crippen molar-refractivity contribution in [2.75, 3.05) is 6.61 Å². The van der Waals surface area contributed by atoms with Gasteiger partial charge in [-0.3, -0.25) is 4.79 Å². The Hall–Kier alpha value is -4.03. The monoisotopic (exact) mass is 474 g/mol. The van der Waals surface area contributed by atoms with Crippen LogP contribution in [-0.2, 0) is 0 Å². The fourth-order valence-electron chi connectivity index (χ4n) is 3.85. The third-order valence-electron chi connectivity index (χ3n) is 5.35. The van der Waals surface area contributed by atoms with E-state index in [0.29, 0.717) is 51.0 Å². The molecular weight excluding hydrogens is 456 g/mol. The van der Waals surface area contributed by atoms with Crippen LogP contribution >= 0.6 is 11.6 Å². The van der Waals surface area contributed by atoms with Gasteiger partial charge in [0.15, 0.2) is 5.76 Å². The summed E-state index contributed by atoms with van der Waals surface area (Å²) in [5.74, 6) is 0.963. The van der Waals surface area contributed by atoms with Gasteiger partial charge in [-0.1, -0.05) is 23.7 Å². The number of furan rings is 1. The Morgan fingerprint density at radius 2 is 1.88 bits per heavy atom. The van der Waals surface area contributed by atoms with Crippen LogP contribution in [0, 0.1) is 6.92 Å². The molecule has 6 nitrogen and oxygen atoms in total. The van der Waals surface area contributed by atoms with Crippen LogP contribution in [-0.4, -0.2) is 18.4 Å². The van der Waals surface area contributed by atoms with Crippen LogP contribution in [0.25, 0.3) is 17.0 Å². The maximum atomic E-state index is 13.0. The van der Waals surface area contributed by atoms with Gasteiger partial charge >= 0.3 is 5.97 Å². The number of ether oxygens (including phenoxy) is 3. The number of rotatable bonds is 5. The number of Topliss-reactive ketones (excluding diaryl/α,β-unsaturated/α-hetero) is 1. The number of carbonyl (C=O) groups excluding carboxylic acids is 2. The Morgan fingerprint density at radius 1 is 1.06 bits per heavy atom. The lowest BCUT2D eigenvalue weighted by atomic mass is 10.1. The topological polar surface area (TPSA) is 75.0 Å². The number of ketones is 1. The van der Waals surface area contributed by atoms with Crippen molar-refractivity contribution >= 4 is 40.4 Å². The molecule has 34 heavy (non-hydrogen) atoms. The van der Waals surface area contributed by atoms with E-state index in [1.165, 1.54) is 6.07 Å². The quantitative estimate of drug-likeness (QED) is 0.183. The minimum Gasteiger partial charge on any atom is -0.494 e. The van der Waals surface area contributed by atoms with Gasteiger partial charge in [0.05, 0.1) is 12.2 Å². The molecule has 2 heterocycles. The summed E-state index contributed by atoms with van der Waals surface area (Å²) in [7, 11) is 0. The average molecular weight is 475 g/mol. The minimum atomic E-state index is -0.580. The van der Waals surface area contributed by atoms with Crippen LogP contribution in [0.2, 0.25) is 5.02 Å². The van der Waals surface area contributed by atoms with E-state index in [2.05, 4.69) is 0 Å². The molecule has 0 spiro atoms. The first-order valence-corrected chi connectivity index (χ1v) is 11.0. The average Bonchev–Trinajstić information content (AvgIpc) is 3.29. The Balaban J connectivity index is 1.41. The van der Waals surface area contributed by atoms with Gasteiger partial charge in [0.25, 0.3) is 0 Å². The predicted octanol–water partition coefficient (Wildman–Crippen LogP) is 6.63. The Morgan fingerprint density at radius 3 is 2.68 bits per heavy atom. The number of aryl methyl sites for hydroxylation is 1. The lowest BCUT2D eigenvalue weighted by Gasteiger charge is -2.06. The van der Waals surface area contributed by atoms with Crippen molar-refractivity contribution in [3.63, 3.8) is 0 Å². The zero-order valence-electron chi connectivity index (χ0n) is 18.4. The highest BCUT2D eigenvalue weighted by Crippen LogP contribution is 2.36. The van der Waals surface area contributed by atoms with Crippen molar-refractivity contribution in [2.24, 2.45) is 0 Å². The van der Waals surface area contributed by atoms with Crippen LogP contribution in [0.1, 0.15) is 39.0 Å². The Labute approximate surface area is 200 Å². The largest absolute Gasteiger partial charge is 0.494 e. The van der Waals surface area contributed by atoms with Crippen molar-refractivity contribution in [2.45, 2.75) is 13.8 Å². The molecule has 0 unspecified atom stereocenters. The molecule has 0 atom stereocenters. The number of benzene rings is 3. The molecule has 0 saturated carbocycles. The standard InChI is InChI=1S/C27H19ClO6/c1-3-31-18-8-10-22-21(13-18)25(15(2)32-22)27(30)33-19-7-9-20-23(14-19)34-24(26(20)29)12-16-5-4-6-17(28)11-16/h4-14H,3H2,1-2H3. The van der Waals surface area contributed by atoms with Crippen LogP contribution in [0.3, 0.4) is 0 Å². The van der Waals surface area contributed by atoms with E-state index in [0.717, 1.165) is 5.56 Å². The first-order valence-electron chi connectivity index (χ1n) is 10.6. The van der Waals surface area contributed by atoms with Gasteiger partial charge in [-0.2, -0.15) is 0 Å². The summed E-state index contributed by atoms with van der Waals surface area (Å²) in [6, 6.07) is 17.0. The summed E-state index contributed by atoms with van der Waals surface area (Å²) < 4.78 is 22.6. The lowest BCUT2D eigenvalue weighted by molar-refractivity contribution is 0.0734. The maximum absolute atomic E-state index is 13.0. The van der Waals surface area contributed by atoms with E-state index >= 15 is 0 Å². The fourth-order valence-corrected chi connectivity index (χ4v) is 4.04.